The molecule has 2 N–H and O–H groups in total. The molecule has 20 heavy (non-hydrogen) atoms. The van der Waals surface area contributed by atoms with Gasteiger partial charge in [0.05, 0.1) is 12.7 Å². The van der Waals surface area contributed by atoms with Crippen LogP contribution in [0.25, 0.3) is 0 Å². The van der Waals surface area contributed by atoms with E-state index >= 15 is 0 Å². The van der Waals surface area contributed by atoms with Crippen molar-refractivity contribution in [2.75, 3.05) is 20.2 Å². The lowest BCUT2D eigenvalue weighted by molar-refractivity contribution is 0.145. The number of piperidine rings is 1. The zero-order valence-electron chi connectivity index (χ0n) is 12.3. The highest BCUT2D eigenvalue weighted by atomic mass is 16.5. The van der Waals surface area contributed by atoms with Crippen LogP contribution in [0, 0.1) is 17.2 Å². The zero-order chi connectivity index (χ0) is 14.5. The fourth-order valence-electron chi connectivity index (χ4n) is 2.89. The number of rotatable bonds is 4. The van der Waals surface area contributed by atoms with E-state index in [0.717, 1.165) is 32.5 Å². The van der Waals surface area contributed by atoms with Crippen LogP contribution in [0.1, 0.15) is 30.9 Å². The summed E-state index contributed by atoms with van der Waals surface area (Å²) < 4.78 is 5.26. The Balaban J connectivity index is 2.05. The molecule has 0 bridgehead atoms. The third kappa shape index (κ3) is 3.30. The Morgan fingerprint density at radius 3 is 2.95 bits per heavy atom. The topological polar surface area (TPSA) is 62.3 Å². The molecule has 1 aliphatic rings. The molecule has 1 aliphatic heterocycles. The lowest BCUT2D eigenvalue weighted by Gasteiger charge is -2.36. The SMILES string of the molecule is CCC1CN(Cc2ccc(C#N)c(OC)c2)CCC1N. The third-order valence-corrected chi connectivity index (χ3v) is 4.19. The van der Waals surface area contributed by atoms with Gasteiger partial charge in [0.1, 0.15) is 11.8 Å². The van der Waals surface area contributed by atoms with Crippen LogP contribution in [0.15, 0.2) is 18.2 Å². The number of benzene rings is 1. The van der Waals surface area contributed by atoms with Crippen LogP contribution in [0.3, 0.4) is 0 Å². The Morgan fingerprint density at radius 1 is 1.50 bits per heavy atom. The molecule has 0 saturated carbocycles. The minimum atomic E-state index is 0.340. The lowest BCUT2D eigenvalue weighted by atomic mass is 9.90. The molecule has 4 nitrogen and oxygen atoms in total. The van der Waals surface area contributed by atoms with Crippen molar-refractivity contribution in [2.24, 2.45) is 11.7 Å². The van der Waals surface area contributed by atoms with Crippen LogP contribution in [-0.4, -0.2) is 31.1 Å². The maximum Gasteiger partial charge on any atom is 0.136 e. The van der Waals surface area contributed by atoms with Gasteiger partial charge in [-0.15, -0.1) is 0 Å². The van der Waals surface area contributed by atoms with E-state index in [9.17, 15) is 0 Å². The van der Waals surface area contributed by atoms with E-state index in [0.29, 0.717) is 23.3 Å². The molecule has 2 unspecified atom stereocenters. The number of hydrogen-bond acceptors (Lipinski definition) is 4. The average Bonchev–Trinajstić information content (AvgIpc) is 2.49. The summed E-state index contributed by atoms with van der Waals surface area (Å²) in [6.07, 6.45) is 2.19. The molecule has 1 aromatic carbocycles. The fraction of sp³-hybridized carbons (Fsp3) is 0.562. The molecule has 0 aliphatic carbocycles. The molecule has 2 atom stereocenters. The second kappa shape index (κ2) is 6.74. The Labute approximate surface area is 121 Å². The maximum atomic E-state index is 9.00. The summed E-state index contributed by atoms with van der Waals surface area (Å²) in [5.74, 6) is 1.25. The van der Waals surface area contributed by atoms with Gasteiger partial charge in [0.25, 0.3) is 0 Å². The minimum Gasteiger partial charge on any atom is -0.495 e. The molecule has 1 heterocycles. The van der Waals surface area contributed by atoms with Crippen LogP contribution in [0.2, 0.25) is 0 Å². The summed E-state index contributed by atoms with van der Waals surface area (Å²) >= 11 is 0. The minimum absolute atomic E-state index is 0.340. The predicted octanol–water partition coefficient (Wildman–Crippen LogP) is 2.13. The van der Waals surface area contributed by atoms with E-state index in [1.165, 1.54) is 5.56 Å². The van der Waals surface area contributed by atoms with Gasteiger partial charge in [-0.25, -0.2) is 0 Å². The molecule has 1 aromatic rings. The number of likely N-dealkylation sites (tertiary alicyclic amines) is 1. The van der Waals surface area contributed by atoms with E-state index < -0.39 is 0 Å². The maximum absolute atomic E-state index is 9.00. The molecule has 1 saturated heterocycles. The standard InChI is InChI=1S/C16H23N3O/c1-3-13-11-19(7-6-15(13)18)10-12-4-5-14(9-17)16(8-12)20-2/h4-5,8,13,15H,3,6-7,10-11,18H2,1-2H3. The summed E-state index contributed by atoms with van der Waals surface area (Å²) in [5.41, 5.74) is 7.92. The zero-order valence-corrected chi connectivity index (χ0v) is 12.3. The molecular formula is C16H23N3O. The number of methoxy groups -OCH3 is 1. The molecule has 0 radical (unpaired) electrons. The normalized spacial score (nSPS) is 23.3. The van der Waals surface area contributed by atoms with Crippen molar-refractivity contribution < 1.29 is 4.74 Å². The molecule has 0 amide bonds. The van der Waals surface area contributed by atoms with E-state index in [-0.39, 0.29) is 0 Å². The summed E-state index contributed by atoms with van der Waals surface area (Å²) in [4.78, 5) is 2.44. The third-order valence-electron chi connectivity index (χ3n) is 4.19. The van der Waals surface area contributed by atoms with E-state index in [2.05, 4.69) is 17.9 Å². The first-order valence-electron chi connectivity index (χ1n) is 7.22. The van der Waals surface area contributed by atoms with Gasteiger partial charge in [-0.1, -0.05) is 19.4 Å². The van der Waals surface area contributed by atoms with Crippen LogP contribution in [-0.2, 0) is 6.54 Å². The number of nitriles is 1. The van der Waals surface area contributed by atoms with Gasteiger partial charge in [0, 0.05) is 19.1 Å². The Bertz CT molecular complexity index is 495. The van der Waals surface area contributed by atoms with Crippen molar-refractivity contribution in [1.82, 2.24) is 4.90 Å². The summed E-state index contributed by atoms with van der Waals surface area (Å²) in [7, 11) is 1.60. The van der Waals surface area contributed by atoms with E-state index in [1.807, 2.05) is 18.2 Å². The molecule has 108 valence electrons. The second-order valence-electron chi connectivity index (χ2n) is 5.50. The molecular weight excluding hydrogens is 250 g/mol. The lowest BCUT2D eigenvalue weighted by Crippen LogP contribution is -2.46. The van der Waals surface area contributed by atoms with Gasteiger partial charge in [-0.05, 0) is 36.6 Å². The van der Waals surface area contributed by atoms with Crippen molar-refractivity contribution in [1.29, 1.82) is 5.26 Å². The summed E-state index contributed by atoms with van der Waals surface area (Å²) in [5, 5.41) is 9.00. The first-order valence-corrected chi connectivity index (χ1v) is 7.22. The highest BCUT2D eigenvalue weighted by molar-refractivity contribution is 5.45. The molecule has 0 aromatic heterocycles. The fourth-order valence-corrected chi connectivity index (χ4v) is 2.89. The smallest absolute Gasteiger partial charge is 0.136 e. The largest absolute Gasteiger partial charge is 0.495 e. The Kier molecular flexibility index (Phi) is 4.99. The van der Waals surface area contributed by atoms with Crippen molar-refractivity contribution >= 4 is 0 Å². The van der Waals surface area contributed by atoms with Gasteiger partial charge in [-0.2, -0.15) is 5.26 Å². The molecule has 2 rings (SSSR count). The Morgan fingerprint density at radius 2 is 2.30 bits per heavy atom. The molecule has 1 fully saturated rings. The van der Waals surface area contributed by atoms with E-state index in [4.69, 9.17) is 15.7 Å². The number of nitrogens with two attached hydrogens (primary N) is 1. The number of hydrogen-bond donors (Lipinski definition) is 1. The quantitative estimate of drug-likeness (QED) is 0.913. The molecule has 4 heteroatoms. The van der Waals surface area contributed by atoms with Crippen LogP contribution >= 0.6 is 0 Å². The van der Waals surface area contributed by atoms with Crippen molar-refractivity contribution in [2.45, 2.75) is 32.4 Å². The highest BCUT2D eigenvalue weighted by Crippen LogP contribution is 2.23. The summed E-state index contributed by atoms with van der Waals surface area (Å²) in [6.45, 7) is 5.20. The highest BCUT2D eigenvalue weighted by Gasteiger charge is 2.25. The van der Waals surface area contributed by atoms with E-state index in [1.54, 1.807) is 7.11 Å². The number of ether oxygens (including phenoxy) is 1. The van der Waals surface area contributed by atoms with Crippen LogP contribution in [0.5, 0.6) is 5.75 Å². The van der Waals surface area contributed by atoms with Crippen LogP contribution < -0.4 is 10.5 Å². The second-order valence-corrected chi connectivity index (χ2v) is 5.50. The first-order chi connectivity index (χ1) is 9.67. The van der Waals surface area contributed by atoms with Gasteiger partial charge < -0.3 is 10.5 Å². The van der Waals surface area contributed by atoms with Crippen molar-refractivity contribution in [3.8, 4) is 11.8 Å². The van der Waals surface area contributed by atoms with Crippen molar-refractivity contribution in [3.05, 3.63) is 29.3 Å². The predicted molar refractivity (Wildman–Crippen MR) is 79.4 cm³/mol. The first kappa shape index (κ1) is 14.8. The summed E-state index contributed by atoms with van der Waals surface area (Å²) in [6, 6.07) is 8.30. The van der Waals surface area contributed by atoms with Crippen LogP contribution in [0.4, 0.5) is 0 Å². The number of nitrogens with zero attached hydrogens (tertiary/aromatic N) is 2. The van der Waals surface area contributed by atoms with Gasteiger partial charge in [0.15, 0.2) is 0 Å². The molecule has 0 spiro atoms. The Hall–Kier alpha value is -1.57. The van der Waals surface area contributed by atoms with Crippen molar-refractivity contribution in [3.63, 3.8) is 0 Å². The van der Waals surface area contributed by atoms with Gasteiger partial charge in [-0.3, -0.25) is 4.90 Å². The van der Waals surface area contributed by atoms with Gasteiger partial charge >= 0.3 is 0 Å². The monoisotopic (exact) mass is 273 g/mol. The average molecular weight is 273 g/mol. The van der Waals surface area contributed by atoms with Gasteiger partial charge in [0.2, 0.25) is 0 Å².